The number of halogens is 1. The van der Waals surface area contributed by atoms with Crippen LogP contribution in [-0.2, 0) is 12.2 Å². The second-order valence-electron chi connectivity index (χ2n) is 7.68. The Morgan fingerprint density at radius 1 is 0.970 bits per heavy atom. The molecule has 6 nitrogen and oxygen atoms in total. The number of pyridine rings is 1. The molecule has 3 aromatic heterocycles. The second-order valence-corrected chi connectivity index (χ2v) is 9.06. The smallest absolute Gasteiger partial charge is 0.258 e. The lowest BCUT2D eigenvalue weighted by Gasteiger charge is -2.11. The number of nitrogens with zero attached hydrogens (tertiary/aromatic N) is 5. The van der Waals surface area contributed by atoms with Gasteiger partial charge in [0.15, 0.2) is 5.16 Å². The zero-order valence-electron chi connectivity index (χ0n) is 17.9. The van der Waals surface area contributed by atoms with Gasteiger partial charge in [0.25, 0.3) is 5.56 Å². The van der Waals surface area contributed by atoms with Gasteiger partial charge in [0.2, 0.25) is 0 Å². The molecule has 0 amide bonds. The van der Waals surface area contributed by atoms with Gasteiger partial charge in [0.1, 0.15) is 11.5 Å². The fourth-order valence-corrected chi connectivity index (χ4v) is 4.59. The molecule has 0 unspecified atom stereocenters. The molecular weight excluding hydrogens is 454 g/mol. The van der Waals surface area contributed by atoms with Crippen LogP contribution in [0.4, 0.5) is 0 Å². The zero-order chi connectivity index (χ0) is 22.8. The molecular formula is C25H20ClN5OS. The maximum absolute atomic E-state index is 12.5. The van der Waals surface area contributed by atoms with Crippen molar-refractivity contribution in [2.24, 2.45) is 0 Å². The van der Waals surface area contributed by atoms with Gasteiger partial charge in [-0.25, -0.2) is 4.98 Å². The van der Waals surface area contributed by atoms with E-state index in [1.807, 2.05) is 66.1 Å². The Balaban J connectivity index is 1.48. The highest BCUT2D eigenvalue weighted by atomic mass is 35.5. The summed E-state index contributed by atoms with van der Waals surface area (Å²) in [4.78, 5) is 17.2. The SMILES string of the molecule is Cc1ccn2c(=O)cc(CSc3nnc(Cc4ccccc4)n3-c3ccc(Cl)cc3)nc2c1. The molecule has 8 heteroatoms. The predicted octanol–water partition coefficient (Wildman–Crippen LogP) is 5.12. The number of hydrogen-bond donors (Lipinski definition) is 0. The first kappa shape index (κ1) is 21.4. The number of fused-ring (bicyclic) bond motifs is 1. The summed E-state index contributed by atoms with van der Waals surface area (Å²) in [5, 5.41) is 10.3. The van der Waals surface area contributed by atoms with Crippen LogP contribution in [0.5, 0.6) is 0 Å². The molecule has 0 aliphatic rings. The maximum Gasteiger partial charge on any atom is 0.258 e. The van der Waals surface area contributed by atoms with Crippen molar-refractivity contribution in [1.82, 2.24) is 24.1 Å². The second kappa shape index (κ2) is 9.21. The van der Waals surface area contributed by atoms with Crippen LogP contribution >= 0.6 is 23.4 Å². The molecule has 0 saturated heterocycles. The monoisotopic (exact) mass is 473 g/mol. The Hall–Kier alpha value is -3.42. The van der Waals surface area contributed by atoms with Gasteiger partial charge in [0, 0.05) is 35.1 Å². The van der Waals surface area contributed by atoms with Crippen molar-refractivity contribution in [3.8, 4) is 5.69 Å². The van der Waals surface area contributed by atoms with E-state index in [1.165, 1.54) is 11.8 Å². The average Bonchev–Trinajstić information content (AvgIpc) is 3.21. The molecule has 5 rings (SSSR count). The Kier molecular flexibility index (Phi) is 5.98. The van der Waals surface area contributed by atoms with Crippen LogP contribution in [-0.4, -0.2) is 24.1 Å². The normalized spacial score (nSPS) is 11.2. The first-order valence-corrected chi connectivity index (χ1v) is 11.8. The summed E-state index contributed by atoms with van der Waals surface area (Å²) < 4.78 is 3.58. The minimum absolute atomic E-state index is 0.0977. The molecule has 0 saturated carbocycles. The molecule has 0 spiro atoms. The molecule has 33 heavy (non-hydrogen) atoms. The van der Waals surface area contributed by atoms with Gasteiger partial charge in [-0.2, -0.15) is 0 Å². The van der Waals surface area contributed by atoms with Crippen LogP contribution in [0.25, 0.3) is 11.3 Å². The van der Waals surface area contributed by atoms with E-state index in [0.717, 1.165) is 27.8 Å². The number of hydrogen-bond acceptors (Lipinski definition) is 5. The van der Waals surface area contributed by atoms with E-state index in [0.29, 0.717) is 28.5 Å². The number of benzene rings is 2. The third-order valence-electron chi connectivity index (χ3n) is 5.22. The van der Waals surface area contributed by atoms with Gasteiger partial charge in [-0.15, -0.1) is 10.2 Å². The van der Waals surface area contributed by atoms with Crippen molar-refractivity contribution < 1.29 is 0 Å². The molecule has 0 fully saturated rings. The molecule has 0 aliphatic carbocycles. The Morgan fingerprint density at radius 3 is 2.55 bits per heavy atom. The Labute approximate surface area is 199 Å². The van der Waals surface area contributed by atoms with E-state index in [-0.39, 0.29) is 5.56 Å². The molecule has 5 aromatic rings. The van der Waals surface area contributed by atoms with E-state index in [1.54, 1.807) is 16.7 Å². The summed E-state index contributed by atoms with van der Waals surface area (Å²) in [5.74, 6) is 1.32. The molecule has 0 bridgehead atoms. The van der Waals surface area contributed by atoms with Crippen molar-refractivity contribution in [2.45, 2.75) is 24.3 Å². The highest BCUT2D eigenvalue weighted by Crippen LogP contribution is 2.26. The van der Waals surface area contributed by atoms with Gasteiger partial charge in [-0.1, -0.05) is 53.7 Å². The van der Waals surface area contributed by atoms with Crippen molar-refractivity contribution >= 4 is 29.0 Å². The highest BCUT2D eigenvalue weighted by Gasteiger charge is 2.16. The summed E-state index contributed by atoms with van der Waals surface area (Å²) >= 11 is 7.61. The molecule has 2 aromatic carbocycles. The number of rotatable bonds is 6. The van der Waals surface area contributed by atoms with E-state index >= 15 is 0 Å². The van der Waals surface area contributed by atoms with Crippen molar-refractivity contribution in [2.75, 3.05) is 0 Å². The van der Waals surface area contributed by atoms with E-state index < -0.39 is 0 Å². The zero-order valence-corrected chi connectivity index (χ0v) is 19.4. The van der Waals surface area contributed by atoms with E-state index in [2.05, 4.69) is 27.3 Å². The molecule has 0 radical (unpaired) electrons. The summed E-state index contributed by atoms with van der Waals surface area (Å²) in [5.41, 5.74) is 4.38. The number of aromatic nitrogens is 5. The molecule has 3 heterocycles. The van der Waals surface area contributed by atoms with Crippen molar-refractivity contribution in [1.29, 1.82) is 0 Å². The van der Waals surface area contributed by atoms with Crippen molar-refractivity contribution in [3.63, 3.8) is 0 Å². The van der Waals surface area contributed by atoms with E-state index in [9.17, 15) is 4.79 Å². The average molecular weight is 474 g/mol. The van der Waals surface area contributed by atoms with Crippen LogP contribution in [0.1, 0.15) is 22.6 Å². The first-order chi connectivity index (χ1) is 16.1. The van der Waals surface area contributed by atoms with Gasteiger partial charge < -0.3 is 0 Å². The number of thioether (sulfide) groups is 1. The minimum Gasteiger partial charge on any atom is -0.274 e. The summed E-state index contributed by atoms with van der Waals surface area (Å²) in [6, 6.07) is 23.2. The fourth-order valence-electron chi connectivity index (χ4n) is 3.60. The molecule has 0 N–H and O–H groups in total. The fraction of sp³-hybridized carbons (Fsp3) is 0.120. The highest BCUT2D eigenvalue weighted by molar-refractivity contribution is 7.98. The van der Waals surface area contributed by atoms with Crippen LogP contribution in [0.15, 0.2) is 88.9 Å². The largest absolute Gasteiger partial charge is 0.274 e. The maximum atomic E-state index is 12.5. The number of aryl methyl sites for hydroxylation is 1. The summed E-state index contributed by atoms with van der Waals surface area (Å²) in [6.45, 7) is 1.98. The summed E-state index contributed by atoms with van der Waals surface area (Å²) in [7, 11) is 0. The lowest BCUT2D eigenvalue weighted by Crippen LogP contribution is -2.15. The molecule has 164 valence electrons. The summed E-state index contributed by atoms with van der Waals surface area (Å²) in [6.07, 6.45) is 2.40. The van der Waals surface area contributed by atoms with Crippen LogP contribution < -0.4 is 5.56 Å². The molecule has 0 atom stereocenters. The quantitative estimate of drug-likeness (QED) is 0.320. The van der Waals surface area contributed by atoms with Crippen LogP contribution in [0, 0.1) is 6.92 Å². The Morgan fingerprint density at radius 2 is 1.76 bits per heavy atom. The lowest BCUT2D eigenvalue weighted by atomic mass is 10.1. The Bertz CT molecular complexity index is 1480. The third kappa shape index (κ3) is 4.69. The first-order valence-electron chi connectivity index (χ1n) is 10.4. The van der Waals surface area contributed by atoms with Gasteiger partial charge in [-0.3, -0.25) is 13.8 Å². The van der Waals surface area contributed by atoms with E-state index in [4.69, 9.17) is 11.6 Å². The third-order valence-corrected chi connectivity index (χ3v) is 6.43. The van der Waals surface area contributed by atoms with Crippen molar-refractivity contribution in [3.05, 3.63) is 117 Å². The van der Waals surface area contributed by atoms with Gasteiger partial charge >= 0.3 is 0 Å². The minimum atomic E-state index is -0.0977. The standard InChI is InChI=1S/C25H20ClN5OS/c1-17-11-12-30-22(13-17)27-20(15-24(30)32)16-33-25-29-28-23(14-18-5-3-2-4-6-18)31(25)21-9-7-19(26)8-10-21/h2-13,15H,14,16H2,1H3. The van der Waals surface area contributed by atoms with Crippen LogP contribution in [0.2, 0.25) is 5.02 Å². The van der Waals surface area contributed by atoms with Crippen LogP contribution in [0.3, 0.4) is 0 Å². The van der Waals surface area contributed by atoms with Gasteiger partial charge in [-0.05, 0) is 54.4 Å². The lowest BCUT2D eigenvalue weighted by molar-refractivity contribution is 0.847. The molecule has 0 aliphatic heterocycles. The van der Waals surface area contributed by atoms with Gasteiger partial charge in [0.05, 0.1) is 5.69 Å². The predicted molar refractivity (Wildman–Crippen MR) is 131 cm³/mol. The topological polar surface area (TPSA) is 65.1 Å².